The number of hydrogen-bond donors (Lipinski definition) is 1. The summed E-state index contributed by atoms with van der Waals surface area (Å²) in [6.07, 6.45) is 4.72. The Morgan fingerprint density at radius 2 is 1.23 bits per heavy atom. The number of furan rings is 1. The van der Waals surface area contributed by atoms with E-state index in [9.17, 15) is 0 Å². The molecule has 1 N–H and O–H groups in total. The van der Waals surface area contributed by atoms with Crippen molar-refractivity contribution in [3.8, 4) is 16.8 Å². The van der Waals surface area contributed by atoms with Gasteiger partial charge < -0.3 is 19.2 Å². The van der Waals surface area contributed by atoms with Crippen molar-refractivity contribution in [1.29, 1.82) is 0 Å². The van der Waals surface area contributed by atoms with Crippen LogP contribution in [0.2, 0.25) is 0 Å². The highest BCUT2D eigenvalue weighted by Gasteiger charge is 2.41. The van der Waals surface area contributed by atoms with Crippen molar-refractivity contribution in [2.75, 3.05) is 24.3 Å². The molecule has 10 rings (SSSR count). The molecule has 0 fully saturated rings. The molecule has 3 heterocycles. The van der Waals surface area contributed by atoms with Gasteiger partial charge in [-0.2, -0.15) is 0 Å². The molecular formula is C51H55BN3O. The topological polar surface area (TPSA) is 33.3 Å². The summed E-state index contributed by atoms with van der Waals surface area (Å²) in [6, 6.07) is 29.9. The van der Waals surface area contributed by atoms with E-state index < -0.39 is 0 Å². The number of nitrogens with one attached hydrogen (secondary N) is 1. The molecular weight excluding hydrogens is 681 g/mol. The van der Waals surface area contributed by atoms with E-state index in [1.807, 2.05) is 0 Å². The molecule has 0 unspecified atom stereocenters. The number of hydrogen-bond acceptors (Lipinski definition) is 3. The van der Waals surface area contributed by atoms with E-state index in [4.69, 9.17) is 4.42 Å². The smallest absolute Gasteiger partial charge is 0.247 e. The zero-order chi connectivity index (χ0) is 39.3. The number of aromatic nitrogens is 1. The van der Waals surface area contributed by atoms with Gasteiger partial charge in [0.05, 0.1) is 16.9 Å². The Kier molecular flexibility index (Phi) is 7.35. The average molecular weight is 737 g/mol. The largest absolute Gasteiger partial charge is 0.469 e. The average Bonchev–Trinajstić information content (AvgIpc) is 3.69. The van der Waals surface area contributed by atoms with Crippen molar-refractivity contribution < 1.29 is 4.42 Å². The number of aryl methyl sites for hydroxylation is 1. The molecule has 2 aromatic heterocycles. The highest BCUT2D eigenvalue weighted by Crippen LogP contribution is 2.51. The van der Waals surface area contributed by atoms with Gasteiger partial charge in [-0.3, -0.25) is 0 Å². The van der Waals surface area contributed by atoms with Crippen LogP contribution in [0, 0.1) is 6.92 Å². The molecule has 56 heavy (non-hydrogen) atoms. The fourth-order valence-corrected chi connectivity index (χ4v) is 10.5. The van der Waals surface area contributed by atoms with Gasteiger partial charge in [0, 0.05) is 58.4 Å². The maximum absolute atomic E-state index is 7.09. The van der Waals surface area contributed by atoms with Crippen LogP contribution < -0.4 is 21.3 Å². The van der Waals surface area contributed by atoms with Crippen molar-refractivity contribution >= 4 is 68.2 Å². The summed E-state index contributed by atoms with van der Waals surface area (Å²) in [5.74, 6) is 0. The van der Waals surface area contributed by atoms with Gasteiger partial charge in [0.1, 0.15) is 5.58 Å². The third-order valence-electron chi connectivity index (χ3n) is 14.3. The maximum atomic E-state index is 7.09. The van der Waals surface area contributed by atoms with Crippen molar-refractivity contribution in [1.82, 2.24) is 4.57 Å². The minimum Gasteiger partial charge on any atom is -0.469 e. The van der Waals surface area contributed by atoms with E-state index in [1.54, 1.807) is 0 Å². The number of benzene rings is 5. The zero-order valence-electron chi connectivity index (χ0n) is 35.2. The summed E-state index contributed by atoms with van der Waals surface area (Å²) < 4.78 is 9.70. The summed E-state index contributed by atoms with van der Waals surface area (Å²) in [5, 5.41) is 7.70. The fraction of sp³-hybridized carbons (Fsp3) is 0.373. The van der Waals surface area contributed by atoms with Gasteiger partial charge in [0.2, 0.25) is 7.28 Å². The zero-order valence-corrected chi connectivity index (χ0v) is 35.2. The first kappa shape index (κ1) is 35.5. The first-order valence-corrected chi connectivity index (χ1v) is 20.7. The van der Waals surface area contributed by atoms with Crippen molar-refractivity contribution in [3.63, 3.8) is 0 Å². The van der Waals surface area contributed by atoms with E-state index in [1.165, 1.54) is 109 Å². The van der Waals surface area contributed by atoms with Crippen LogP contribution in [0.25, 0.3) is 49.6 Å². The molecule has 0 amide bonds. The molecule has 1 radical (unpaired) electrons. The Bertz CT molecular complexity index is 2790. The van der Waals surface area contributed by atoms with Crippen LogP contribution in [0.5, 0.6) is 0 Å². The summed E-state index contributed by atoms with van der Waals surface area (Å²) in [4.78, 5) is 2.14. The number of fused-ring (bicyclic) bond motifs is 9. The molecule has 3 aliphatic rings. The number of rotatable bonds is 4. The quantitative estimate of drug-likeness (QED) is 0.183. The summed E-state index contributed by atoms with van der Waals surface area (Å²) >= 11 is 0. The molecule has 283 valence electrons. The molecule has 5 aromatic carbocycles. The predicted octanol–water partition coefficient (Wildman–Crippen LogP) is 12.0. The molecule has 0 saturated heterocycles. The highest BCUT2D eigenvalue weighted by molar-refractivity contribution is 6.73. The third-order valence-corrected chi connectivity index (χ3v) is 14.3. The van der Waals surface area contributed by atoms with Gasteiger partial charge in [0.25, 0.3) is 0 Å². The van der Waals surface area contributed by atoms with Gasteiger partial charge >= 0.3 is 0 Å². The SMILES string of the molecule is Cc1cc(-c2ccccc2Nc2ccc(N(C)C)cc2)c2c3c1c1cc4c(cc1n3-c1c(oc3cc5c(cc13)C(C)(C)CCC5(C)C)[B]2)C(C)(C)CCC4(C)C. The summed E-state index contributed by atoms with van der Waals surface area (Å²) in [6.45, 7) is 21.8. The van der Waals surface area contributed by atoms with Crippen LogP contribution in [-0.4, -0.2) is 25.9 Å². The fourth-order valence-electron chi connectivity index (χ4n) is 10.5. The molecule has 0 saturated carbocycles. The molecule has 0 bridgehead atoms. The van der Waals surface area contributed by atoms with Gasteiger partial charge in [-0.25, -0.2) is 0 Å². The Morgan fingerprint density at radius 1 is 0.661 bits per heavy atom. The Labute approximate surface area is 333 Å². The Morgan fingerprint density at radius 3 is 1.86 bits per heavy atom. The van der Waals surface area contributed by atoms with E-state index in [-0.39, 0.29) is 21.7 Å². The minimum atomic E-state index is 0.0882. The lowest BCUT2D eigenvalue weighted by molar-refractivity contribution is 0.332. The lowest BCUT2D eigenvalue weighted by atomic mass is 9.61. The van der Waals surface area contributed by atoms with Crippen LogP contribution in [0.4, 0.5) is 17.1 Å². The van der Waals surface area contributed by atoms with Crippen molar-refractivity contribution in [2.24, 2.45) is 0 Å². The van der Waals surface area contributed by atoms with E-state index in [0.717, 1.165) is 22.6 Å². The van der Waals surface area contributed by atoms with Crippen LogP contribution in [-0.2, 0) is 21.7 Å². The van der Waals surface area contributed by atoms with E-state index in [0.29, 0.717) is 0 Å². The second-order valence-electron chi connectivity index (χ2n) is 20.1. The molecule has 0 atom stereocenters. The standard InChI is InChI=1S/C51H55BN3O/c1-29-24-33(32-14-12-13-15-40(32)53-30-16-18-31(19-17-30)54(10)11)44-46-43(29)34-25-36-38(50(6,7)22-20-48(36,2)3)27-41(34)55(46)45-35-26-37-39(28-42(35)56-47(45)52-44)51(8,9)23-21-49(37,4)5/h12-19,24-28,53H,20-23H2,1-11H3. The predicted molar refractivity (Wildman–Crippen MR) is 240 cm³/mol. The monoisotopic (exact) mass is 736 g/mol. The second-order valence-corrected chi connectivity index (χ2v) is 20.1. The molecule has 1 aliphatic heterocycles. The lowest BCUT2D eigenvalue weighted by Gasteiger charge is -2.42. The number of nitrogens with zero attached hydrogens (tertiary/aromatic N) is 2. The van der Waals surface area contributed by atoms with Gasteiger partial charge in [0.15, 0.2) is 0 Å². The van der Waals surface area contributed by atoms with Crippen LogP contribution >= 0.6 is 0 Å². The van der Waals surface area contributed by atoms with Crippen LogP contribution in [0.3, 0.4) is 0 Å². The van der Waals surface area contributed by atoms with Crippen LogP contribution in [0.15, 0.2) is 83.3 Å². The normalized spacial score (nSPS) is 18.3. The van der Waals surface area contributed by atoms with Gasteiger partial charge in [-0.1, -0.05) is 79.7 Å². The Balaban J connectivity index is 1.29. The van der Waals surface area contributed by atoms with Crippen LogP contribution in [0.1, 0.15) is 109 Å². The summed E-state index contributed by atoms with van der Waals surface area (Å²) in [5.41, 5.74) is 20.2. The molecule has 0 spiro atoms. The Hall–Kier alpha value is -4.90. The molecule has 5 heteroatoms. The summed E-state index contributed by atoms with van der Waals surface area (Å²) in [7, 11) is 6.52. The van der Waals surface area contributed by atoms with Gasteiger partial charge in [-0.15, -0.1) is 0 Å². The number of para-hydroxylation sites is 1. The second kappa shape index (κ2) is 11.6. The molecule has 4 nitrogen and oxygen atoms in total. The van der Waals surface area contributed by atoms with Crippen molar-refractivity contribution in [2.45, 2.75) is 110 Å². The molecule has 2 aliphatic carbocycles. The first-order chi connectivity index (χ1) is 26.4. The van der Waals surface area contributed by atoms with E-state index >= 15 is 0 Å². The lowest BCUT2D eigenvalue weighted by Crippen LogP contribution is -2.36. The first-order valence-electron chi connectivity index (χ1n) is 20.7. The minimum absolute atomic E-state index is 0.0882. The van der Waals surface area contributed by atoms with Gasteiger partial charge in [-0.05, 0) is 148 Å². The van der Waals surface area contributed by atoms with E-state index in [2.05, 4.69) is 177 Å². The highest BCUT2D eigenvalue weighted by atomic mass is 16.3. The molecule has 7 aromatic rings. The maximum Gasteiger partial charge on any atom is 0.247 e. The number of anilines is 3. The third kappa shape index (κ3) is 5.04. The van der Waals surface area contributed by atoms with Crippen molar-refractivity contribution in [3.05, 3.63) is 107 Å².